The Kier molecular flexibility index (Phi) is 17.4. The van der Waals surface area contributed by atoms with E-state index in [4.69, 9.17) is 0 Å². The zero-order chi connectivity index (χ0) is 62.3. The Balaban J connectivity index is 0.0000104. The summed E-state index contributed by atoms with van der Waals surface area (Å²) in [5, 5.41) is 11.7. The van der Waals surface area contributed by atoms with Gasteiger partial charge in [0.2, 0.25) is 0 Å². The molecule has 0 spiro atoms. The number of carbonyl (C=O) groups is 5. The van der Waals surface area contributed by atoms with Crippen LogP contribution in [-0.2, 0) is 88.9 Å². The summed E-state index contributed by atoms with van der Waals surface area (Å²) in [5.41, 5.74) is -1.26. The van der Waals surface area contributed by atoms with Gasteiger partial charge in [0.15, 0.2) is 0 Å². The van der Waals surface area contributed by atoms with Gasteiger partial charge in [0.05, 0.1) is 32.5 Å². The van der Waals surface area contributed by atoms with E-state index in [9.17, 15) is 102 Å². The fourth-order valence-corrected chi connectivity index (χ4v) is 12.6. The van der Waals surface area contributed by atoms with Crippen LogP contribution in [0.4, 0.5) is 38.9 Å². The van der Waals surface area contributed by atoms with Gasteiger partial charge in [-0.15, -0.1) is 0 Å². The van der Waals surface area contributed by atoms with Crippen molar-refractivity contribution in [3.05, 3.63) is 120 Å². The summed E-state index contributed by atoms with van der Waals surface area (Å²) in [6, 6.07) is 8.51. The van der Waals surface area contributed by atoms with Gasteiger partial charge in [0, 0.05) is 85.9 Å². The molecule has 0 saturated heterocycles. The predicted octanol–water partition coefficient (Wildman–Crippen LogP) is 0.142. The molecule has 8 aromatic rings. The molecule has 0 bridgehead atoms. The number of nitrogens with one attached hydrogen (secondary N) is 6. The molecule has 11 N–H and O–H groups in total. The maximum Gasteiger partial charge on any atom is 1.00 e. The molecule has 4 heterocycles. The fraction of sp³-hybridized carbons (Fsp3) is 0.0889. The molecule has 0 saturated carbocycles. The molecule has 0 radical (unpaired) electrons. The summed E-state index contributed by atoms with van der Waals surface area (Å²) in [7, 11) is -26.4. The van der Waals surface area contributed by atoms with Crippen LogP contribution >= 0.6 is 0 Å². The molecule has 0 fully saturated rings. The second kappa shape index (κ2) is 22.9. The number of rotatable bonds is 16. The van der Waals surface area contributed by atoms with E-state index >= 15 is 0 Å². The van der Waals surface area contributed by atoms with E-state index in [0.29, 0.717) is 30.3 Å². The molecule has 0 aliphatic heterocycles. The largest absolute Gasteiger partial charge is 1.00 e. The molecule has 0 atom stereocenters. The second-order valence-electron chi connectivity index (χ2n) is 18.1. The molecule has 0 unspecified atom stereocenters. The quantitative estimate of drug-likeness (QED) is 0.0453. The molecule has 33 nitrogen and oxygen atoms in total. The Morgan fingerprint density at radius 3 is 0.871 bits per heavy atom. The molecular weight excluding hydrogens is 1260 g/mol. The number of nitrogens with zero attached hydrogens (tertiary/aromatic N) is 4. The van der Waals surface area contributed by atoms with E-state index in [2.05, 4.69) is 31.9 Å². The van der Waals surface area contributed by atoms with E-state index in [0.717, 1.165) is 12.1 Å². The van der Waals surface area contributed by atoms with Crippen LogP contribution in [0.5, 0.6) is 0 Å². The third-order valence-electron chi connectivity index (χ3n) is 12.1. The van der Waals surface area contributed by atoms with E-state index in [1.54, 1.807) is 0 Å². The first-order valence-electron chi connectivity index (χ1n) is 22.6. The minimum absolute atomic E-state index is 0. The molecule has 6 amide bonds. The van der Waals surface area contributed by atoms with Gasteiger partial charge in [-0.1, -0.05) is 0 Å². The Hall–Kier alpha value is -7.87. The Morgan fingerprint density at radius 2 is 0.588 bits per heavy atom. The van der Waals surface area contributed by atoms with Crippen molar-refractivity contribution in [2.24, 2.45) is 28.2 Å². The standard InChI is InChI=1S/C45H40N10O23S6.Na/c1-52-17-23(7-33(52)41(56)46-21-5-29-31(37(11-21)81(67,68)69)13-27(79(61,62)63)15-39(29)83(73,74)75)48-43(58)35-9-25(19-54(35)3)50-45(60)51-26-10-36(55(4)20-26)44(59)49-24-8-34(53(2)18-24)42(57)47-22-6-30-32(38(12-22)82(70,71)72)14-28(80(64,65)66)16-40(30)84(76,77)78;/h5-20H,1-4H3,(H,46,56)(H,47,57)(H,48,58)(H,49,59)(H2,50,51,60)(H,61,62,63)(H,64,65,66)(H,67,68,69)(H,70,71,72)(H,73,74,75)(H,76,77,78);/q;+1/p-1. The van der Waals surface area contributed by atoms with E-state index in [1.807, 2.05) is 0 Å². The zero-order valence-corrected chi connectivity index (χ0v) is 50.5. The average molecular weight is 1300 g/mol. The summed E-state index contributed by atoms with van der Waals surface area (Å²) in [6.45, 7) is 0. The first kappa shape index (κ1) is 64.7. The number of aryl methyl sites for hydroxylation is 4. The predicted molar refractivity (Wildman–Crippen MR) is 291 cm³/mol. The molecule has 4 aromatic heterocycles. The number of carbonyl (C=O) groups excluding carboxylic acids is 5. The van der Waals surface area contributed by atoms with Crippen LogP contribution in [0.25, 0.3) is 21.5 Å². The molecule has 444 valence electrons. The number of hydrogen-bond acceptors (Lipinski definition) is 18. The van der Waals surface area contributed by atoms with Crippen molar-refractivity contribution in [3.8, 4) is 0 Å². The molecule has 85 heavy (non-hydrogen) atoms. The number of fused-ring (bicyclic) bond motifs is 2. The van der Waals surface area contributed by atoms with Crippen LogP contribution in [0.2, 0.25) is 0 Å². The zero-order valence-electron chi connectivity index (χ0n) is 43.6. The summed E-state index contributed by atoms with van der Waals surface area (Å²) in [5.74, 6) is -3.55. The monoisotopic (exact) mass is 1300 g/mol. The first-order chi connectivity index (χ1) is 38.6. The van der Waals surface area contributed by atoms with Crippen LogP contribution in [-0.4, -0.2) is 126 Å². The summed E-state index contributed by atoms with van der Waals surface area (Å²) < 4.78 is 212. The number of benzene rings is 4. The van der Waals surface area contributed by atoms with Gasteiger partial charge in [0.1, 0.15) is 52.5 Å². The fourth-order valence-electron chi connectivity index (χ4n) is 8.54. The van der Waals surface area contributed by atoms with Crippen molar-refractivity contribution in [3.63, 3.8) is 0 Å². The van der Waals surface area contributed by atoms with E-state index < -0.39 is 153 Å². The van der Waals surface area contributed by atoms with Crippen LogP contribution in [0, 0.1) is 0 Å². The SMILES string of the molecule is Cn1cc(NC(=O)Nc2cc(C(=O)Nc3cc(C(=O)Nc4cc(S(=O)(=O)O)c5cc(S(=O)(=O)O)cc(S(=O)(=O)O)c5c4)n(C)c3)n(C)c2)cc1C(=O)Nc1cc(C(=O)Nc2cc(S(=O)(=O)O)c3cc(S(=O)(=O)[O-])cc(S(=O)(=O)O)c3c2)n(C)c1.[Na+]. The van der Waals surface area contributed by atoms with Crippen LogP contribution in [0.3, 0.4) is 0 Å². The number of amides is 6. The topological polar surface area (TPSA) is 506 Å². The molecular formula is C45H39N10NaO23S6. The van der Waals surface area contributed by atoms with Crippen LogP contribution in [0.15, 0.2) is 127 Å². The normalized spacial score (nSPS) is 12.4. The van der Waals surface area contributed by atoms with Gasteiger partial charge < -0.3 is 54.7 Å². The van der Waals surface area contributed by atoms with Gasteiger partial charge in [-0.3, -0.25) is 41.9 Å². The second-order valence-corrected chi connectivity index (χ2v) is 26.5. The first-order valence-corrected chi connectivity index (χ1v) is 31.2. The van der Waals surface area contributed by atoms with Gasteiger partial charge >= 0.3 is 35.6 Å². The number of urea groups is 1. The molecule has 8 rings (SSSR count). The van der Waals surface area contributed by atoms with Crippen LogP contribution < -0.4 is 61.5 Å². The summed E-state index contributed by atoms with van der Waals surface area (Å²) >= 11 is 0. The van der Waals surface area contributed by atoms with Crippen molar-refractivity contribution in [2.45, 2.75) is 29.4 Å². The maximum absolute atomic E-state index is 13.5. The van der Waals surface area contributed by atoms with Crippen LogP contribution in [0.1, 0.15) is 42.0 Å². The number of anilines is 6. The smallest absolute Gasteiger partial charge is 0.744 e. The number of hydrogen-bond donors (Lipinski definition) is 11. The summed E-state index contributed by atoms with van der Waals surface area (Å²) in [4.78, 5) is 59.9. The minimum atomic E-state index is -5.45. The molecule has 0 aliphatic rings. The van der Waals surface area contributed by atoms with E-state index in [1.165, 1.54) is 95.5 Å². The van der Waals surface area contributed by atoms with Crippen molar-refractivity contribution in [1.82, 2.24) is 18.3 Å². The van der Waals surface area contributed by atoms with Crippen molar-refractivity contribution in [2.75, 3.05) is 31.9 Å². The average Bonchev–Trinajstić information content (AvgIpc) is 1.97. The van der Waals surface area contributed by atoms with Gasteiger partial charge in [0.25, 0.3) is 74.2 Å². The summed E-state index contributed by atoms with van der Waals surface area (Å²) in [6.07, 6.45) is 5.29. The van der Waals surface area contributed by atoms with Gasteiger partial charge in [-0.2, -0.15) is 42.1 Å². The Bertz CT molecular complexity index is 4650. The van der Waals surface area contributed by atoms with Gasteiger partial charge in [-0.25, -0.2) is 13.2 Å². The maximum atomic E-state index is 13.5. The third-order valence-corrected chi connectivity index (χ3v) is 17.3. The van der Waals surface area contributed by atoms with Crippen molar-refractivity contribution in [1.29, 1.82) is 0 Å². The van der Waals surface area contributed by atoms with E-state index in [-0.39, 0.29) is 81.1 Å². The minimum Gasteiger partial charge on any atom is -0.744 e. The molecule has 0 aliphatic carbocycles. The Labute approximate surface area is 501 Å². The molecule has 4 aromatic carbocycles. The molecule has 40 heteroatoms. The van der Waals surface area contributed by atoms with Crippen molar-refractivity contribution >= 4 is 146 Å². The third kappa shape index (κ3) is 14.1. The van der Waals surface area contributed by atoms with Crippen molar-refractivity contribution < 1.29 is 131 Å². The number of aromatic nitrogens is 4. The van der Waals surface area contributed by atoms with Gasteiger partial charge in [-0.05, 0) is 72.8 Å². The Morgan fingerprint density at radius 1 is 0.341 bits per heavy atom.